The number of thioether (sulfide) groups is 1. The number of anilines is 1. The zero-order valence-electron chi connectivity index (χ0n) is 8.40. The molecule has 1 aliphatic rings. The standard InChI is InChI=1S/C11H11NO2S/c1-2-12-9-5-8(6-13)3-4-10(9)15-7-11(12)14/h3-6H,2,7H2,1H3. The maximum Gasteiger partial charge on any atom is 0.237 e. The van der Waals surface area contributed by atoms with E-state index in [-0.39, 0.29) is 5.91 Å². The van der Waals surface area contributed by atoms with Crippen molar-refractivity contribution in [2.45, 2.75) is 11.8 Å². The van der Waals surface area contributed by atoms with Crippen molar-refractivity contribution in [2.75, 3.05) is 17.2 Å². The number of carbonyl (C=O) groups is 2. The van der Waals surface area contributed by atoms with Gasteiger partial charge in [-0.15, -0.1) is 11.8 Å². The van der Waals surface area contributed by atoms with E-state index in [1.54, 1.807) is 17.0 Å². The van der Waals surface area contributed by atoms with Gasteiger partial charge in [0.2, 0.25) is 5.91 Å². The number of hydrogen-bond acceptors (Lipinski definition) is 3. The number of carbonyl (C=O) groups excluding carboxylic acids is 2. The van der Waals surface area contributed by atoms with E-state index >= 15 is 0 Å². The molecule has 1 aromatic rings. The summed E-state index contributed by atoms with van der Waals surface area (Å²) in [6.07, 6.45) is 0.803. The van der Waals surface area contributed by atoms with Crippen LogP contribution in [0.1, 0.15) is 17.3 Å². The fraction of sp³-hybridized carbons (Fsp3) is 0.273. The van der Waals surface area contributed by atoms with Gasteiger partial charge < -0.3 is 4.90 Å². The highest BCUT2D eigenvalue weighted by Crippen LogP contribution is 2.35. The predicted molar refractivity (Wildman–Crippen MR) is 60.6 cm³/mol. The normalized spacial score (nSPS) is 15.0. The van der Waals surface area contributed by atoms with Gasteiger partial charge >= 0.3 is 0 Å². The number of nitrogens with zero attached hydrogens (tertiary/aromatic N) is 1. The molecule has 0 N–H and O–H groups in total. The number of aldehydes is 1. The Morgan fingerprint density at radius 3 is 3.00 bits per heavy atom. The average molecular weight is 221 g/mol. The number of hydrogen-bond donors (Lipinski definition) is 0. The van der Waals surface area contributed by atoms with Crippen LogP contribution in [0.15, 0.2) is 23.1 Å². The molecule has 78 valence electrons. The molecule has 0 saturated heterocycles. The second kappa shape index (κ2) is 4.06. The molecular formula is C11H11NO2S. The SMILES string of the molecule is CCN1C(=O)CSc2ccc(C=O)cc21. The lowest BCUT2D eigenvalue weighted by Crippen LogP contribution is -2.35. The third-order valence-electron chi connectivity index (χ3n) is 2.38. The van der Waals surface area contributed by atoms with E-state index in [9.17, 15) is 9.59 Å². The number of benzene rings is 1. The van der Waals surface area contributed by atoms with Crippen molar-refractivity contribution in [1.29, 1.82) is 0 Å². The number of amides is 1. The van der Waals surface area contributed by atoms with Crippen molar-refractivity contribution >= 4 is 29.6 Å². The fourth-order valence-corrected chi connectivity index (χ4v) is 2.56. The van der Waals surface area contributed by atoms with Crippen LogP contribution in [0, 0.1) is 0 Å². The molecule has 4 heteroatoms. The van der Waals surface area contributed by atoms with Gasteiger partial charge in [0.25, 0.3) is 0 Å². The quantitative estimate of drug-likeness (QED) is 0.716. The van der Waals surface area contributed by atoms with Gasteiger partial charge in [-0.2, -0.15) is 0 Å². The Morgan fingerprint density at radius 2 is 2.33 bits per heavy atom. The molecule has 1 heterocycles. The lowest BCUT2D eigenvalue weighted by molar-refractivity contribution is -0.116. The maximum atomic E-state index is 11.6. The summed E-state index contributed by atoms with van der Waals surface area (Å²) in [7, 11) is 0. The Bertz CT molecular complexity index is 417. The highest BCUT2D eigenvalue weighted by Gasteiger charge is 2.23. The van der Waals surface area contributed by atoms with Crippen molar-refractivity contribution in [2.24, 2.45) is 0 Å². The lowest BCUT2D eigenvalue weighted by atomic mass is 10.2. The molecule has 0 aromatic heterocycles. The summed E-state index contributed by atoms with van der Waals surface area (Å²) in [6, 6.07) is 5.46. The van der Waals surface area contributed by atoms with E-state index in [1.807, 2.05) is 13.0 Å². The van der Waals surface area contributed by atoms with Gasteiger partial charge in [-0.3, -0.25) is 9.59 Å². The molecule has 0 fully saturated rings. The van der Waals surface area contributed by atoms with Crippen molar-refractivity contribution in [3.05, 3.63) is 23.8 Å². The Kier molecular flexibility index (Phi) is 2.77. The monoisotopic (exact) mass is 221 g/mol. The summed E-state index contributed by atoms with van der Waals surface area (Å²) >= 11 is 1.53. The largest absolute Gasteiger partial charge is 0.311 e. The first kappa shape index (κ1) is 10.2. The molecule has 0 atom stereocenters. The van der Waals surface area contributed by atoms with Gasteiger partial charge in [0.1, 0.15) is 6.29 Å². The predicted octanol–water partition coefficient (Wildman–Crippen LogP) is 1.96. The van der Waals surface area contributed by atoms with Gasteiger partial charge in [-0.05, 0) is 19.1 Å². The van der Waals surface area contributed by atoms with E-state index in [1.165, 1.54) is 11.8 Å². The lowest BCUT2D eigenvalue weighted by Gasteiger charge is -2.27. The van der Waals surface area contributed by atoms with Gasteiger partial charge in [0.05, 0.1) is 11.4 Å². The highest BCUT2D eigenvalue weighted by molar-refractivity contribution is 8.00. The molecule has 15 heavy (non-hydrogen) atoms. The first-order valence-corrected chi connectivity index (χ1v) is 5.77. The van der Waals surface area contributed by atoms with Gasteiger partial charge in [-0.1, -0.05) is 6.07 Å². The van der Waals surface area contributed by atoms with Crippen LogP contribution in [0.4, 0.5) is 5.69 Å². The smallest absolute Gasteiger partial charge is 0.237 e. The summed E-state index contributed by atoms with van der Waals surface area (Å²) in [5, 5.41) is 0. The zero-order chi connectivity index (χ0) is 10.8. The van der Waals surface area contributed by atoms with Crippen LogP contribution in [-0.2, 0) is 4.79 Å². The molecule has 1 aromatic carbocycles. The molecule has 0 spiro atoms. The molecule has 1 amide bonds. The van der Waals surface area contributed by atoms with Gasteiger partial charge in [0.15, 0.2) is 0 Å². The Labute approximate surface area is 92.5 Å². The van der Waals surface area contributed by atoms with E-state index in [2.05, 4.69) is 0 Å². The second-order valence-electron chi connectivity index (χ2n) is 3.27. The molecule has 0 bridgehead atoms. The van der Waals surface area contributed by atoms with Gasteiger partial charge in [-0.25, -0.2) is 0 Å². The first-order chi connectivity index (χ1) is 7.26. The van der Waals surface area contributed by atoms with Crippen LogP contribution in [-0.4, -0.2) is 24.5 Å². The minimum atomic E-state index is 0.109. The third kappa shape index (κ3) is 1.77. The van der Waals surface area contributed by atoms with Crippen LogP contribution >= 0.6 is 11.8 Å². The first-order valence-electron chi connectivity index (χ1n) is 4.78. The molecule has 0 radical (unpaired) electrons. The van der Waals surface area contributed by atoms with Crippen LogP contribution in [0.2, 0.25) is 0 Å². The van der Waals surface area contributed by atoms with E-state index in [4.69, 9.17) is 0 Å². The molecule has 3 nitrogen and oxygen atoms in total. The van der Waals surface area contributed by atoms with Gasteiger partial charge in [0, 0.05) is 17.0 Å². The number of rotatable bonds is 2. The van der Waals surface area contributed by atoms with Crippen LogP contribution in [0.3, 0.4) is 0 Å². The molecule has 0 aliphatic carbocycles. The van der Waals surface area contributed by atoms with Crippen LogP contribution in [0.25, 0.3) is 0 Å². The summed E-state index contributed by atoms with van der Waals surface area (Å²) in [6.45, 7) is 2.58. The summed E-state index contributed by atoms with van der Waals surface area (Å²) in [5.74, 6) is 0.597. The Morgan fingerprint density at radius 1 is 1.53 bits per heavy atom. The molecule has 0 saturated carbocycles. The minimum Gasteiger partial charge on any atom is -0.311 e. The minimum absolute atomic E-state index is 0.109. The molecule has 2 rings (SSSR count). The van der Waals surface area contributed by atoms with Crippen molar-refractivity contribution < 1.29 is 9.59 Å². The van der Waals surface area contributed by atoms with E-state index < -0.39 is 0 Å². The average Bonchev–Trinajstić information content (AvgIpc) is 2.28. The van der Waals surface area contributed by atoms with E-state index in [0.29, 0.717) is 17.9 Å². The Hall–Kier alpha value is -1.29. The number of fused-ring (bicyclic) bond motifs is 1. The summed E-state index contributed by atoms with van der Waals surface area (Å²) in [5.41, 5.74) is 1.48. The summed E-state index contributed by atoms with van der Waals surface area (Å²) < 4.78 is 0. The van der Waals surface area contributed by atoms with Crippen LogP contribution < -0.4 is 4.90 Å². The zero-order valence-corrected chi connectivity index (χ0v) is 9.21. The highest BCUT2D eigenvalue weighted by atomic mass is 32.2. The van der Waals surface area contributed by atoms with E-state index in [0.717, 1.165) is 16.9 Å². The van der Waals surface area contributed by atoms with Crippen molar-refractivity contribution in [3.63, 3.8) is 0 Å². The van der Waals surface area contributed by atoms with Crippen molar-refractivity contribution in [3.8, 4) is 0 Å². The second-order valence-corrected chi connectivity index (χ2v) is 4.29. The Balaban J connectivity index is 2.49. The van der Waals surface area contributed by atoms with Crippen molar-refractivity contribution in [1.82, 2.24) is 0 Å². The fourth-order valence-electron chi connectivity index (χ4n) is 1.64. The third-order valence-corrected chi connectivity index (χ3v) is 3.43. The molecular weight excluding hydrogens is 210 g/mol. The van der Waals surface area contributed by atoms with Crippen LogP contribution in [0.5, 0.6) is 0 Å². The topological polar surface area (TPSA) is 37.4 Å². The molecule has 0 unspecified atom stereocenters. The summed E-state index contributed by atoms with van der Waals surface area (Å²) in [4.78, 5) is 25.1. The maximum absolute atomic E-state index is 11.6. The molecule has 1 aliphatic heterocycles.